The van der Waals surface area contributed by atoms with Gasteiger partial charge in [-0.1, -0.05) is 55.4 Å². The Morgan fingerprint density at radius 3 is 1.51 bits per heavy atom. The summed E-state index contributed by atoms with van der Waals surface area (Å²) >= 11 is 0. The van der Waals surface area contributed by atoms with Crippen LogP contribution < -0.4 is 0 Å². The molecule has 0 N–H and O–H groups in total. The molecule has 0 heterocycles. The molecule has 0 amide bonds. The fourth-order valence-corrected chi connectivity index (χ4v) is 2.91. The Morgan fingerprint density at radius 2 is 0.971 bits per heavy atom. The maximum Gasteiger partial charge on any atom is 2.00 e. The molecular weight excluding hydrogens is 669 g/mol. The SMILES string of the molecule is CC.CC.CC.CC.[W+2].[Y].[c-]1ccccc1Cc1[c-]ccc(-c2cc[c-]c(-c3[c-]cccc3)c2)c1. The average molecular weight is 709 g/mol. The van der Waals surface area contributed by atoms with Crippen LogP contribution in [0.2, 0.25) is 0 Å². The van der Waals surface area contributed by atoms with Gasteiger partial charge >= 0.3 is 21.1 Å². The first-order chi connectivity index (χ1) is 16.4. The summed E-state index contributed by atoms with van der Waals surface area (Å²) in [6.45, 7) is 16.0. The van der Waals surface area contributed by atoms with Crippen molar-refractivity contribution in [1.29, 1.82) is 0 Å². The molecule has 0 aromatic heterocycles. The molecule has 4 aromatic carbocycles. The van der Waals surface area contributed by atoms with Gasteiger partial charge in [0.1, 0.15) is 0 Å². The number of hydrogen-bond acceptors (Lipinski definition) is 0. The van der Waals surface area contributed by atoms with Gasteiger partial charge in [0.05, 0.1) is 0 Å². The second-order valence-electron chi connectivity index (χ2n) is 5.93. The van der Waals surface area contributed by atoms with E-state index < -0.39 is 0 Å². The van der Waals surface area contributed by atoms with Gasteiger partial charge in [-0.3, -0.25) is 0 Å². The van der Waals surface area contributed by atoms with Gasteiger partial charge in [0.15, 0.2) is 0 Å². The molecule has 0 bridgehead atoms. The Hall–Kier alpha value is -1.33. The molecule has 0 unspecified atom stereocenters. The van der Waals surface area contributed by atoms with E-state index in [0.717, 1.165) is 17.5 Å². The van der Waals surface area contributed by atoms with E-state index in [9.17, 15) is 0 Å². The predicted molar refractivity (Wildman–Crippen MR) is 147 cm³/mol. The minimum atomic E-state index is 0. The standard InChI is InChI=1S/C25H16.4C2H6.W.Y/c1-3-9-20(10-4-1)17-21-11-7-14-23(18-21)25-16-8-15-24(19-25)22-12-5-2-6-13-22;4*1-2;;/h1-9,12,14,16,18-19H,17H2;4*1-2H3;;/q-4;;;;;+2;. The minimum absolute atomic E-state index is 0. The zero-order valence-electron chi connectivity index (χ0n) is 22.8. The smallest absolute Gasteiger partial charge is 0.226 e. The number of rotatable bonds is 4. The van der Waals surface area contributed by atoms with E-state index >= 15 is 0 Å². The molecule has 35 heavy (non-hydrogen) atoms. The van der Waals surface area contributed by atoms with Crippen LogP contribution in [0.5, 0.6) is 0 Å². The van der Waals surface area contributed by atoms with E-state index in [1.54, 1.807) is 0 Å². The molecule has 0 aliphatic rings. The van der Waals surface area contributed by atoms with Gasteiger partial charge in [-0.15, -0.1) is 23.3 Å². The van der Waals surface area contributed by atoms with E-state index in [-0.39, 0.29) is 53.8 Å². The Labute approximate surface area is 256 Å². The maximum atomic E-state index is 3.34. The van der Waals surface area contributed by atoms with Crippen LogP contribution in [-0.2, 0) is 60.2 Å². The van der Waals surface area contributed by atoms with Gasteiger partial charge in [0, 0.05) is 32.7 Å². The van der Waals surface area contributed by atoms with Crippen molar-refractivity contribution in [2.24, 2.45) is 0 Å². The van der Waals surface area contributed by atoms with Crippen LogP contribution in [-0.4, -0.2) is 0 Å². The fourth-order valence-electron chi connectivity index (χ4n) is 2.91. The topological polar surface area (TPSA) is 0 Å². The van der Waals surface area contributed by atoms with Crippen molar-refractivity contribution in [3.8, 4) is 22.3 Å². The van der Waals surface area contributed by atoms with Crippen molar-refractivity contribution in [3.05, 3.63) is 120 Å². The van der Waals surface area contributed by atoms with Crippen LogP contribution in [0.4, 0.5) is 0 Å². The first-order valence-corrected chi connectivity index (χ1v) is 12.3. The molecule has 0 spiro atoms. The molecule has 0 fully saturated rings. The minimum Gasteiger partial charge on any atom is -0.226 e. The van der Waals surface area contributed by atoms with Gasteiger partial charge in [0.2, 0.25) is 0 Å². The Morgan fingerprint density at radius 1 is 0.486 bits per heavy atom. The molecule has 4 rings (SSSR count). The summed E-state index contributed by atoms with van der Waals surface area (Å²) in [5.74, 6) is 0. The maximum absolute atomic E-state index is 3.34. The van der Waals surface area contributed by atoms with Gasteiger partial charge in [-0.2, -0.15) is 108 Å². The van der Waals surface area contributed by atoms with Crippen molar-refractivity contribution in [2.75, 3.05) is 0 Å². The van der Waals surface area contributed by atoms with Gasteiger partial charge < -0.3 is 0 Å². The summed E-state index contributed by atoms with van der Waals surface area (Å²) in [5.41, 5.74) is 6.83. The Kier molecular flexibility index (Phi) is 28.1. The Bertz CT molecular complexity index is 966. The molecule has 4 aromatic rings. The normalized spacial score (nSPS) is 8.23. The van der Waals surface area contributed by atoms with Crippen molar-refractivity contribution < 1.29 is 53.8 Å². The third-order valence-electron chi connectivity index (χ3n) is 4.15. The third kappa shape index (κ3) is 14.1. The van der Waals surface area contributed by atoms with E-state index in [0.29, 0.717) is 0 Å². The van der Waals surface area contributed by atoms with Crippen molar-refractivity contribution in [2.45, 2.75) is 61.8 Å². The summed E-state index contributed by atoms with van der Waals surface area (Å²) in [7, 11) is 0. The van der Waals surface area contributed by atoms with E-state index in [1.807, 2.05) is 104 Å². The predicted octanol–water partition coefficient (Wildman–Crippen LogP) is 9.91. The van der Waals surface area contributed by atoms with Crippen LogP contribution in [0, 0.1) is 24.3 Å². The summed E-state index contributed by atoms with van der Waals surface area (Å²) in [6.07, 6.45) is 0.840. The molecule has 1 radical (unpaired) electrons. The zero-order chi connectivity index (χ0) is 24.9. The molecule has 0 aliphatic carbocycles. The van der Waals surface area contributed by atoms with E-state index in [1.165, 1.54) is 22.3 Å². The molecule has 0 atom stereocenters. The van der Waals surface area contributed by atoms with Gasteiger partial charge in [0.25, 0.3) is 0 Å². The average Bonchev–Trinajstić information content (AvgIpc) is 2.94. The number of benzene rings is 4. The van der Waals surface area contributed by atoms with Crippen molar-refractivity contribution in [3.63, 3.8) is 0 Å². The summed E-state index contributed by atoms with van der Waals surface area (Å²) in [6, 6.07) is 41.8. The molecule has 183 valence electrons. The van der Waals surface area contributed by atoms with Crippen LogP contribution in [0.3, 0.4) is 0 Å². The van der Waals surface area contributed by atoms with Crippen molar-refractivity contribution in [1.82, 2.24) is 0 Å². The second-order valence-corrected chi connectivity index (χ2v) is 5.93. The Balaban J connectivity index is -0.000000935. The summed E-state index contributed by atoms with van der Waals surface area (Å²) in [4.78, 5) is 0. The fraction of sp³-hybridized carbons (Fsp3) is 0.273. The largest absolute Gasteiger partial charge is 2.00 e. The molecule has 0 aliphatic heterocycles. The van der Waals surface area contributed by atoms with E-state index in [2.05, 4.69) is 60.7 Å². The summed E-state index contributed by atoms with van der Waals surface area (Å²) in [5, 5.41) is 0. The molecule has 0 nitrogen and oxygen atoms in total. The first-order valence-electron chi connectivity index (χ1n) is 12.3. The van der Waals surface area contributed by atoms with Gasteiger partial charge in [-0.25, -0.2) is 11.1 Å². The molecule has 2 heteroatoms. The second kappa shape index (κ2) is 25.8. The molecular formula is C33H40WY-2. The van der Waals surface area contributed by atoms with E-state index in [4.69, 9.17) is 0 Å². The van der Waals surface area contributed by atoms with Crippen molar-refractivity contribution >= 4 is 0 Å². The first kappa shape index (κ1) is 38.2. The van der Waals surface area contributed by atoms with Crippen LogP contribution in [0.25, 0.3) is 22.3 Å². The summed E-state index contributed by atoms with van der Waals surface area (Å²) < 4.78 is 0. The van der Waals surface area contributed by atoms with Crippen LogP contribution in [0.15, 0.2) is 84.9 Å². The van der Waals surface area contributed by atoms with Crippen LogP contribution in [0.1, 0.15) is 66.5 Å². The quantitative estimate of drug-likeness (QED) is 0.185. The molecule has 0 saturated carbocycles. The monoisotopic (exact) mass is 709 g/mol. The van der Waals surface area contributed by atoms with Crippen LogP contribution >= 0.6 is 0 Å². The van der Waals surface area contributed by atoms with Gasteiger partial charge in [-0.05, 0) is 6.42 Å². The molecule has 0 saturated heterocycles. The third-order valence-corrected chi connectivity index (χ3v) is 4.15. The zero-order valence-corrected chi connectivity index (χ0v) is 28.5. The number of hydrogen-bond donors (Lipinski definition) is 0.